The molecule has 4 nitrogen and oxygen atoms in total. The molecule has 0 radical (unpaired) electrons. The predicted molar refractivity (Wildman–Crippen MR) is 75.4 cm³/mol. The number of rotatable bonds is 4. The first-order valence-corrected chi connectivity index (χ1v) is 6.75. The molecule has 0 aromatic heterocycles. The maximum atomic E-state index is 11.8. The Hall–Kier alpha value is -1.49. The van der Waals surface area contributed by atoms with Gasteiger partial charge in [-0.15, -0.1) is 0 Å². The molecule has 0 bridgehead atoms. The highest BCUT2D eigenvalue weighted by atomic mass is 32.1. The molecule has 5 heteroatoms. The number of amides is 1. The van der Waals surface area contributed by atoms with Crippen molar-refractivity contribution >= 4 is 24.5 Å². The summed E-state index contributed by atoms with van der Waals surface area (Å²) in [5.74, 6) is -1.09. The van der Waals surface area contributed by atoms with Crippen LogP contribution in [0.4, 0.5) is 0 Å². The average molecular weight is 279 g/mol. The second-order valence-corrected chi connectivity index (χ2v) is 5.68. The van der Waals surface area contributed by atoms with Crippen LogP contribution in [0.1, 0.15) is 17.5 Å². The Labute approximate surface area is 117 Å². The molecule has 1 aliphatic heterocycles. The number of likely N-dealkylation sites (tertiary alicyclic amines) is 1. The average Bonchev–Trinajstić information content (AvgIpc) is 2.65. The molecular weight excluding hydrogens is 262 g/mol. The van der Waals surface area contributed by atoms with E-state index < -0.39 is 12.0 Å². The Morgan fingerprint density at radius 3 is 2.84 bits per heavy atom. The van der Waals surface area contributed by atoms with Crippen LogP contribution in [0.3, 0.4) is 0 Å². The molecule has 1 heterocycles. The smallest absolute Gasteiger partial charge is 0.326 e. The zero-order chi connectivity index (χ0) is 14.0. The molecule has 1 amide bonds. The van der Waals surface area contributed by atoms with Crippen molar-refractivity contribution in [2.24, 2.45) is 0 Å². The van der Waals surface area contributed by atoms with E-state index >= 15 is 0 Å². The van der Waals surface area contributed by atoms with Gasteiger partial charge in [0.15, 0.2) is 0 Å². The highest BCUT2D eigenvalue weighted by molar-refractivity contribution is 7.81. The summed E-state index contributed by atoms with van der Waals surface area (Å²) in [6.07, 6.45) is 0.657. The second-order valence-electron chi connectivity index (χ2n) is 4.95. The number of aliphatic carboxylic acids is 1. The van der Waals surface area contributed by atoms with E-state index in [0.29, 0.717) is 19.4 Å². The molecule has 1 aromatic carbocycles. The Kier molecular flexibility index (Phi) is 4.14. The van der Waals surface area contributed by atoms with E-state index in [4.69, 9.17) is 0 Å². The molecule has 0 aliphatic carbocycles. The van der Waals surface area contributed by atoms with Crippen LogP contribution in [0.2, 0.25) is 0 Å². The topological polar surface area (TPSA) is 57.6 Å². The van der Waals surface area contributed by atoms with Crippen LogP contribution in [0, 0.1) is 6.92 Å². The SMILES string of the molecule is Cc1cccc(C[C@@H](C(=O)O)N2CC(S)CC2=O)c1. The van der Waals surface area contributed by atoms with Crippen LogP contribution >= 0.6 is 12.6 Å². The Bertz CT molecular complexity index is 503. The third-order valence-electron chi connectivity index (χ3n) is 3.31. The van der Waals surface area contributed by atoms with E-state index in [1.807, 2.05) is 31.2 Å². The van der Waals surface area contributed by atoms with Gasteiger partial charge in [0.2, 0.25) is 5.91 Å². The number of thiol groups is 1. The van der Waals surface area contributed by atoms with Gasteiger partial charge in [-0.3, -0.25) is 4.79 Å². The first-order chi connectivity index (χ1) is 8.97. The molecule has 102 valence electrons. The van der Waals surface area contributed by atoms with Gasteiger partial charge in [-0.2, -0.15) is 12.6 Å². The highest BCUT2D eigenvalue weighted by Crippen LogP contribution is 2.21. The summed E-state index contributed by atoms with van der Waals surface area (Å²) >= 11 is 4.26. The Balaban J connectivity index is 2.17. The Morgan fingerprint density at radius 1 is 1.58 bits per heavy atom. The standard InChI is InChI=1S/C14H17NO3S/c1-9-3-2-4-10(5-9)6-12(14(17)18)15-8-11(19)7-13(15)16/h2-5,11-12,19H,6-8H2,1H3,(H,17,18)/t11?,12-/m0/s1. The van der Waals surface area contributed by atoms with Gasteiger partial charge in [0.1, 0.15) is 6.04 Å². The van der Waals surface area contributed by atoms with Crippen molar-refractivity contribution in [3.8, 4) is 0 Å². The maximum absolute atomic E-state index is 11.8. The van der Waals surface area contributed by atoms with Gasteiger partial charge in [0.25, 0.3) is 0 Å². The summed E-state index contributed by atoms with van der Waals surface area (Å²) in [6, 6.07) is 6.91. The monoisotopic (exact) mass is 279 g/mol. The van der Waals surface area contributed by atoms with Crippen LogP contribution < -0.4 is 0 Å². The Morgan fingerprint density at radius 2 is 2.32 bits per heavy atom. The van der Waals surface area contributed by atoms with Crippen molar-refractivity contribution in [1.29, 1.82) is 0 Å². The van der Waals surface area contributed by atoms with Crippen molar-refractivity contribution in [1.82, 2.24) is 4.90 Å². The van der Waals surface area contributed by atoms with Crippen molar-refractivity contribution in [3.63, 3.8) is 0 Å². The molecule has 1 saturated heterocycles. The summed E-state index contributed by atoms with van der Waals surface area (Å²) in [6.45, 7) is 2.37. The minimum atomic E-state index is -0.961. The third-order valence-corrected chi connectivity index (χ3v) is 3.66. The summed E-state index contributed by atoms with van der Waals surface area (Å²) in [7, 11) is 0. The first kappa shape index (κ1) is 13.9. The lowest BCUT2D eigenvalue weighted by molar-refractivity contribution is -0.148. The van der Waals surface area contributed by atoms with Gasteiger partial charge in [-0.25, -0.2) is 4.79 Å². The van der Waals surface area contributed by atoms with Gasteiger partial charge in [-0.05, 0) is 12.5 Å². The van der Waals surface area contributed by atoms with Crippen LogP contribution in [0.15, 0.2) is 24.3 Å². The van der Waals surface area contributed by atoms with E-state index in [9.17, 15) is 14.7 Å². The zero-order valence-corrected chi connectivity index (χ0v) is 11.6. The summed E-state index contributed by atoms with van der Waals surface area (Å²) in [4.78, 5) is 24.6. The van der Waals surface area contributed by atoms with Crippen LogP contribution in [0.5, 0.6) is 0 Å². The van der Waals surface area contributed by atoms with Crippen molar-refractivity contribution < 1.29 is 14.7 Å². The highest BCUT2D eigenvalue weighted by Gasteiger charge is 2.36. The van der Waals surface area contributed by atoms with E-state index in [2.05, 4.69) is 12.6 Å². The van der Waals surface area contributed by atoms with E-state index in [1.54, 1.807) is 0 Å². The largest absolute Gasteiger partial charge is 0.480 e. The number of hydrogen-bond acceptors (Lipinski definition) is 3. The normalized spacial score (nSPS) is 20.6. The predicted octanol–water partition coefficient (Wildman–Crippen LogP) is 1.52. The first-order valence-electron chi connectivity index (χ1n) is 6.23. The van der Waals surface area contributed by atoms with E-state index in [1.165, 1.54) is 4.90 Å². The number of nitrogens with zero attached hydrogens (tertiary/aromatic N) is 1. The number of carbonyl (C=O) groups is 2. The minimum absolute atomic E-state index is 0.0631. The number of hydrogen-bond donors (Lipinski definition) is 2. The number of carboxylic acids is 1. The quantitative estimate of drug-likeness (QED) is 0.822. The van der Waals surface area contributed by atoms with Crippen LogP contribution in [-0.4, -0.2) is 39.7 Å². The van der Waals surface area contributed by atoms with Crippen molar-refractivity contribution in [2.45, 2.75) is 31.1 Å². The van der Waals surface area contributed by atoms with Gasteiger partial charge in [-0.1, -0.05) is 29.8 Å². The summed E-state index contributed by atoms with van der Waals surface area (Å²) in [5.41, 5.74) is 2.02. The fraction of sp³-hybridized carbons (Fsp3) is 0.429. The third kappa shape index (κ3) is 3.29. The lowest BCUT2D eigenvalue weighted by atomic mass is 10.0. The lowest BCUT2D eigenvalue weighted by Crippen LogP contribution is -2.43. The number of aryl methyl sites for hydroxylation is 1. The number of benzene rings is 1. The van der Waals surface area contributed by atoms with Crippen LogP contribution in [0.25, 0.3) is 0 Å². The molecule has 19 heavy (non-hydrogen) atoms. The summed E-state index contributed by atoms with van der Waals surface area (Å²) < 4.78 is 0. The van der Waals surface area contributed by atoms with Crippen LogP contribution in [-0.2, 0) is 16.0 Å². The molecular formula is C14H17NO3S. The zero-order valence-electron chi connectivity index (χ0n) is 10.7. The fourth-order valence-electron chi connectivity index (χ4n) is 2.41. The lowest BCUT2D eigenvalue weighted by Gasteiger charge is -2.24. The molecule has 1 aliphatic rings. The van der Waals surface area contributed by atoms with Gasteiger partial charge < -0.3 is 10.0 Å². The maximum Gasteiger partial charge on any atom is 0.326 e. The molecule has 1 aromatic rings. The molecule has 0 saturated carbocycles. The number of carbonyl (C=O) groups excluding carboxylic acids is 1. The minimum Gasteiger partial charge on any atom is -0.480 e. The molecule has 1 N–H and O–H groups in total. The van der Waals surface area contributed by atoms with Gasteiger partial charge >= 0.3 is 5.97 Å². The molecule has 0 spiro atoms. The molecule has 1 unspecified atom stereocenters. The van der Waals surface area contributed by atoms with Gasteiger partial charge in [0, 0.05) is 24.6 Å². The fourth-order valence-corrected chi connectivity index (χ4v) is 2.74. The molecule has 2 atom stereocenters. The van der Waals surface area contributed by atoms with E-state index in [0.717, 1.165) is 11.1 Å². The van der Waals surface area contributed by atoms with Crippen molar-refractivity contribution in [2.75, 3.05) is 6.54 Å². The second kappa shape index (κ2) is 5.65. The number of carboxylic acid groups (broad SMARTS) is 1. The molecule has 1 fully saturated rings. The summed E-state index contributed by atoms with van der Waals surface area (Å²) in [5, 5.41) is 9.29. The van der Waals surface area contributed by atoms with Gasteiger partial charge in [0.05, 0.1) is 0 Å². The van der Waals surface area contributed by atoms with E-state index in [-0.39, 0.29) is 11.2 Å². The molecule has 2 rings (SSSR count). The van der Waals surface area contributed by atoms with Crippen molar-refractivity contribution in [3.05, 3.63) is 35.4 Å².